The molecular weight excluding hydrogens is 250 g/mol. The number of rotatable bonds is 4. The summed E-state index contributed by atoms with van der Waals surface area (Å²) in [5.41, 5.74) is 0. The Hall–Kier alpha value is -0.910. The number of sulfonamides is 1. The fourth-order valence-electron chi connectivity index (χ4n) is 2.43. The molecule has 2 unspecified atom stereocenters. The third-order valence-corrected chi connectivity index (χ3v) is 5.40. The van der Waals surface area contributed by atoms with Gasteiger partial charge in [-0.25, -0.2) is 12.7 Å². The van der Waals surface area contributed by atoms with Crippen LogP contribution < -0.4 is 0 Å². The molecule has 0 amide bonds. The second-order valence-electron chi connectivity index (χ2n) is 4.86. The molecule has 1 aromatic carbocycles. The summed E-state index contributed by atoms with van der Waals surface area (Å²) in [6.45, 7) is 0.387. The number of hydrogen-bond acceptors (Lipinski definition) is 3. The molecule has 0 aliphatic heterocycles. The van der Waals surface area contributed by atoms with E-state index in [2.05, 4.69) is 0 Å². The highest BCUT2D eigenvalue weighted by atomic mass is 32.2. The standard InChI is InChI=1S/C13H19NO3S/c1-14(10-11-6-5-9-13(11)15)18(16,17)12-7-3-2-4-8-12/h2-4,7-8,11,13,15H,5-6,9-10H2,1H3. The average Bonchev–Trinajstić information content (AvgIpc) is 2.76. The van der Waals surface area contributed by atoms with Crippen LogP contribution in [0.5, 0.6) is 0 Å². The molecule has 0 spiro atoms. The summed E-state index contributed by atoms with van der Waals surface area (Å²) < 4.78 is 25.9. The monoisotopic (exact) mass is 269 g/mol. The lowest BCUT2D eigenvalue weighted by Gasteiger charge is -2.22. The number of benzene rings is 1. The lowest BCUT2D eigenvalue weighted by Crippen LogP contribution is -2.34. The molecule has 1 fully saturated rings. The molecule has 1 aliphatic rings. The molecule has 4 nitrogen and oxygen atoms in total. The van der Waals surface area contributed by atoms with E-state index in [0.29, 0.717) is 11.4 Å². The van der Waals surface area contributed by atoms with Crippen molar-refractivity contribution in [1.29, 1.82) is 0 Å². The summed E-state index contributed by atoms with van der Waals surface area (Å²) in [7, 11) is -1.85. The van der Waals surface area contributed by atoms with Gasteiger partial charge in [0.2, 0.25) is 10.0 Å². The average molecular weight is 269 g/mol. The van der Waals surface area contributed by atoms with Crippen LogP contribution in [0.3, 0.4) is 0 Å². The molecule has 1 aromatic rings. The van der Waals surface area contributed by atoms with E-state index < -0.39 is 10.0 Å². The minimum Gasteiger partial charge on any atom is -0.393 e. The second kappa shape index (κ2) is 5.38. The van der Waals surface area contributed by atoms with Crippen molar-refractivity contribution in [2.75, 3.05) is 13.6 Å². The SMILES string of the molecule is CN(CC1CCCC1O)S(=O)(=O)c1ccccc1. The van der Waals surface area contributed by atoms with Gasteiger partial charge in [-0.2, -0.15) is 0 Å². The summed E-state index contributed by atoms with van der Waals surface area (Å²) in [5.74, 6) is 0.0634. The molecule has 2 rings (SSSR count). The van der Waals surface area contributed by atoms with Crippen LogP contribution in [0.25, 0.3) is 0 Å². The van der Waals surface area contributed by atoms with Gasteiger partial charge in [0.15, 0.2) is 0 Å². The molecule has 0 bridgehead atoms. The van der Waals surface area contributed by atoms with E-state index in [-0.39, 0.29) is 12.0 Å². The fourth-order valence-corrected chi connectivity index (χ4v) is 3.68. The molecule has 0 aromatic heterocycles. The van der Waals surface area contributed by atoms with Crippen molar-refractivity contribution >= 4 is 10.0 Å². The van der Waals surface area contributed by atoms with Crippen LogP contribution >= 0.6 is 0 Å². The van der Waals surface area contributed by atoms with Crippen LogP contribution in [-0.4, -0.2) is 37.5 Å². The van der Waals surface area contributed by atoms with Crippen molar-refractivity contribution in [3.05, 3.63) is 30.3 Å². The highest BCUT2D eigenvalue weighted by Crippen LogP contribution is 2.27. The molecule has 100 valence electrons. The molecule has 0 heterocycles. The van der Waals surface area contributed by atoms with Crippen molar-refractivity contribution in [3.63, 3.8) is 0 Å². The maximum absolute atomic E-state index is 12.3. The van der Waals surface area contributed by atoms with Gasteiger partial charge in [-0.3, -0.25) is 0 Å². The zero-order chi connectivity index (χ0) is 13.2. The van der Waals surface area contributed by atoms with E-state index in [1.165, 1.54) is 4.31 Å². The van der Waals surface area contributed by atoms with Gasteiger partial charge in [-0.05, 0) is 30.9 Å². The van der Waals surface area contributed by atoms with Gasteiger partial charge in [0, 0.05) is 13.6 Å². The Kier molecular flexibility index (Phi) is 4.04. The maximum atomic E-state index is 12.3. The molecule has 18 heavy (non-hydrogen) atoms. The lowest BCUT2D eigenvalue weighted by atomic mass is 10.1. The predicted octanol–water partition coefficient (Wildman–Crippen LogP) is 1.47. The molecular formula is C13H19NO3S. The van der Waals surface area contributed by atoms with Crippen molar-refractivity contribution in [1.82, 2.24) is 4.31 Å². The van der Waals surface area contributed by atoms with Crippen LogP contribution in [0.4, 0.5) is 0 Å². The predicted molar refractivity (Wildman–Crippen MR) is 69.6 cm³/mol. The first-order valence-electron chi connectivity index (χ1n) is 6.21. The van der Waals surface area contributed by atoms with Gasteiger partial charge in [0.05, 0.1) is 11.0 Å². The smallest absolute Gasteiger partial charge is 0.242 e. The minimum absolute atomic E-state index is 0.0634. The Labute approximate surface area is 108 Å². The quantitative estimate of drug-likeness (QED) is 0.900. The highest BCUT2D eigenvalue weighted by molar-refractivity contribution is 7.89. The van der Waals surface area contributed by atoms with Gasteiger partial charge in [-0.1, -0.05) is 24.6 Å². The van der Waals surface area contributed by atoms with Gasteiger partial charge < -0.3 is 5.11 Å². The number of nitrogens with zero attached hydrogens (tertiary/aromatic N) is 1. The Morgan fingerprint density at radius 1 is 1.28 bits per heavy atom. The van der Waals surface area contributed by atoms with Crippen LogP contribution in [0.2, 0.25) is 0 Å². The Bertz CT molecular complexity index is 486. The first kappa shape index (κ1) is 13.5. The maximum Gasteiger partial charge on any atom is 0.242 e. The molecule has 1 aliphatic carbocycles. The van der Waals surface area contributed by atoms with Gasteiger partial charge >= 0.3 is 0 Å². The molecule has 1 saturated carbocycles. The van der Waals surface area contributed by atoms with Gasteiger partial charge in [0.1, 0.15) is 0 Å². The van der Waals surface area contributed by atoms with Crippen LogP contribution in [0, 0.1) is 5.92 Å². The molecule has 5 heteroatoms. The number of hydrogen-bond donors (Lipinski definition) is 1. The van der Waals surface area contributed by atoms with E-state index in [1.54, 1.807) is 37.4 Å². The third-order valence-electron chi connectivity index (χ3n) is 3.56. The summed E-state index contributed by atoms with van der Waals surface area (Å²) in [4.78, 5) is 0.306. The van der Waals surface area contributed by atoms with Crippen molar-refractivity contribution in [2.45, 2.75) is 30.3 Å². The van der Waals surface area contributed by atoms with Gasteiger partial charge in [0.25, 0.3) is 0 Å². The van der Waals surface area contributed by atoms with E-state index in [9.17, 15) is 13.5 Å². The Morgan fingerprint density at radius 3 is 2.50 bits per heavy atom. The number of aliphatic hydroxyl groups excluding tert-OH is 1. The summed E-state index contributed by atoms with van der Waals surface area (Å²) in [6.07, 6.45) is 2.29. The third kappa shape index (κ3) is 2.74. The number of aliphatic hydroxyl groups is 1. The zero-order valence-electron chi connectivity index (χ0n) is 10.5. The Morgan fingerprint density at radius 2 is 1.94 bits per heavy atom. The topological polar surface area (TPSA) is 57.6 Å². The van der Waals surface area contributed by atoms with Crippen LogP contribution in [0.1, 0.15) is 19.3 Å². The first-order chi connectivity index (χ1) is 8.51. The fraction of sp³-hybridized carbons (Fsp3) is 0.538. The first-order valence-corrected chi connectivity index (χ1v) is 7.65. The van der Waals surface area contributed by atoms with Crippen LogP contribution in [-0.2, 0) is 10.0 Å². The van der Waals surface area contributed by atoms with Crippen molar-refractivity contribution in [3.8, 4) is 0 Å². The van der Waals surface area contributed by atoms with Crippen molar-refractivity contribution < 1.29 is 13.5 Å². The lowest BCUT2D eigenvalue weighted by molar-refractivity contribution is 0.123. The van der Waals surface area contributed by atoms with E-state index in [4.69, 9.17) is 0 Å². The second-order valence-corrected chi connectivity index (χ2v) is 6.90. The molecule has 1 N–H and O–H groups in total. The van der Waals surface area contributed by atoms with Crippen LogP contribution in [0.15, 0.2) is 35.2 Å². The van der Waals surface area contributed by atoms with Crippen molar-refractivity contribution in [2.24, 2.45) is 5.92 Å². The van der Waals surface area contributed by atoms with E-state index >= 15 is 0 Å². The molecule has 0 saturated heterocycles. The van der Waals surface area contributed by atoms with E-state index in [0.717, 1.165) is 19.3 Å². The normalized spacial score (nSPS) is 24.6. The highest BCUT2D eigenvalue weighted by Gasteiger charge is 2.30. The van der Waals surface area contributed by atoms with E-state index in [1.807, 2.05) is 0 Å². The Balaban J connectivity index is 2.11. The molecule has 2 atom stereocenters. The van der Waals surface area contributed by atoms with Gasteiger partial charge in [-0.15, -0.1) is 0 Å². The summed E-state index contributed by atoms with van der Waals surface area (Å²) in [5, 5.41) is 9.75. The molecule has 0 radical (unpaired) electrons. The summed E-state index contributed by atoms with van der Waals surface area (Å²) >= 11 is 0. The zero-order valence-corrected chi connectivity index (χ0v) is 11.3. The largest absolute Gasteiger partial charge is 0.393 e. The minimum atomic E-state index is -3.43. The summed E-state index contributed by atoms with van der Waals surface area (Å²) in [6, 6.07) is 8.41.